The van der Waals surface area contributed by atoms with Crippen LogP contribution in [0.1, 0.15) is 17.3 Å². The number of Topliss-reactive ketones (excluding diaryl/α,β-unsaturated/α-hetero) is 1. The number of ether oxygens (including phenoxy) is 1. The van der Waals surface area contributed by atoms with Gasteiger partial charge in [-0.3, -0.25) is 4.79 Å². The molecular weight excluding hydrogens is 465 g/mol. The van der Waals surface area contributed by atoms with Gasteiger partial charge < -0.3 is 4.74 Å². The largest absolute Gasteiger partial charge is 0.454 e. The van der Waals surface area contributed by atoms with E-state index in [-0.39, 0.29) is 5.78 Å². The van der Waals surface area contributed by atoms with Crippen molar-refractivity contribution in [1.29, 1.82) is 0 Å². The Labute approximate surface area is 207 Å². The summed E-state index contributed by atoms with van der Waals surface area (Å²) >= 11 is 12.6. The summed E-state index contributed by atoms with van der Waals surface area (Å²) < 4.78 is 6.51. The Morgan fingerprint density at radius 1 is 0.765 bits per heavy atom. The van der Waals surface area contributed by atoms with Crippen LogP contribution in [-0.2, 0) is 0 Å². The van der Waals surface area contributed by atoms with Crippen LogP contribution >= 0.6 is 23.2 Å². The number of hydrogen-bond acceptors (Lipinski definition) is 3. The van der Waals surface area contributed by atoms with Crippen molar-refractivity contribution in [1.82, 2.24) is 4.98 Å². The molecule has 3 nitrogen and oxygen atoms in total. The van der Waals surface area contributed by atoms with Crippen LogP contribution in [0.15, 0.2) is 97.1 Å². The van der Waals surface area contributed by atoms with E-state index >= 15 is 0 Å². The molecule has 5 aromatic rings. The molecule has 0 aliphatic rings. The Balaban J connectivity index is 1.81. The Morgan fingerprint density at radius 2 is 1.44 bits per heavy atom. The summed E-state index contributed by atoms with van der Waals surface area (Å²) in [5.74, 6) is 1.19. The lowest BCUT2D eigenvalue weighted by atomic mass is 9.96. The zero-order valence-electron chi connectivity index (χ0n) is 18.3. The summed E-state index contributed by atoms with van der Waals surface area (Å²) in [6.45, 7) is 1.54. The molecule has 0 fully saturated rings. The van der Waals surface area contributed by atoms with Gasteiger partial charge in [-0.15, -0.1) is 0 Å². The standard InChI is InChI=1S/C29H19Cl2NO2/c1-18(33)19-9-14-24(15-10-19)34-29-27(20-5-3-2-4-6-20)25-17-23(31)13-16-26(25)32-28(29)21-7-11-22(30)12-8-21/h2-17H,1H3. The normalized spacial score (nSPS) is 10.9. The van der Waals surface area contributed by atoms with Crippen LogP contribution in [0.4, 0.5) is 0 Å². The molecule has 4 aromatic carbocycles. The summed E-state index contributed by atoms with van der Waals surface area (Å²) in [4.78, 5) is 16.7. The molecule has 0 radical (unpaired) electrons. The van der Waals surface area contributed by atoms with Crippen LogP contribution in [0.5, 0.6) is 11.5 Å². The monoisotopic (exact) mass is 483 g/mol. The second-order valence-electron chi connectivity index (χ2n) is 7.88. The van der Waals surface area contributed by atoms with E-state index in [1.54, 1.807) is 31.2 Å². The predicted octanol–water partition coefficient (Wildman–Crippen LogP) is 8.87. The van der Waals surface area contributed by atoms with Crippen LogP contribution in [0.3, 0.4) is 0 Å². The van der Waals surface area contributed by atoms with E-state index in [1.807, 2.05) is 72.8 Å². The molecule has 1 aromatic heterocycles. The van der Waals surface area contributed by atoms with E-state index in [1.165, 1.54) is 0 Å². The van der Waals surface area contributed by atoms with E-state index in [4.69, 9.17) is 32.9 Å². The van der Waals surface area contributed by atoms with E-state index in [0.29, 0.717) is 32.8 Å². The average Bonchev–Trinajstić information content (AvgIpc) is 2.85. The lowest BCUT2D eigenvalue weighted by Crippen LogP contribution is -1.98. The number of carbonyl (C=O) groups excluding carboxylic acids is 1. The number of carbonyl (C=O) groups is 1. The third-order valence-corrected chi connectivity index (χ3v) is 6.05. The van der Waals surface area contributed by atoms with Gasteiger partial charge in [0.2, 0.25) is 0 Å². The Morgan fingerprint density at radius 3 is 2.12 bits per heavy atom. The molecular formula is C29H19Cl2NO2. The minimum atomic E-state index is 0.000363. The van der Waals surface area contributed by atoms with Crippen LogP contribution in [0.2, 0.25) is 10.0 Å². The van der Waals surface area contributed by atoms with Gasteiger partial charge in [-0.2, -0.15) is 0 Å². The highest BCUT2D eigenvalue weighted by atomic mass is 35.5. The SMILES string of the molecule is CC(=O)c1ccc(Oc2c(-c3ccc(Cl)cc3)nc3ccc(Cl)cc3c2-c2ccccc2)cc1. The maximum absolute atomic E-state index is 11.7. The zero-order chi connectivity index (χ0) is 23.7. The van der Waals surface area contributed by atoms with Gasteiger partial charge in [0.15, 0.2) is 11.5 Å². The third kappa shape index (κ3) is 4.41. The predicted molar refractivity (Wildman–Crippen MR) is 139 cm³/mol. The van der Waals surface area contributed by atoms with Gasteiger partial charge in [0.1, 0.15) is 11.4 Å². The fourth-order valence-corrected chi connectivity index (χ4v) is 4.19. The molecule has 0 bridgehead atoms. The number of aromatic nitrogens is 1. The molecule has 5 heteroatoms. The van der Waals surface area contributed by atoms with Crippen molar-refractivity contribution in [3.05, 3.63) is 113 Å². The Hall–Kier alpha value is -3.66. The Kier molecular flexibility index (Phi) is 6.06. The number of nitrogens with zero attached hydrogens (tertiary/aromatic N) is 1. The smallest absolute Gasteiger partial charge is 0.162 e. The highest BCUT2D eigenvalue weighted by molar-refractivity contribution is 6.31. The first-order chi connectivity index (χ1) is 16.5. The van der Waals surface area contributed by atoms with Gasteiger partial charge in [0.05, 0.1) is 5.52 Å². The number of rotatable bonds is 5. The molecule has 166 valence electrons. The molecule has 34 heavy (non-hydrogen) atoms. The molecule has 0 aliphatic heterocycles. The fourth-order valence-electron chi connectivity index (χ4n) is 3.89. The second-order valence-corrected chi connectivity index (χ2v) is 8.75. The summed E-state index contributed by atoms with van der Waals surface area (Å²) in [6, 6.07) is 30.3. The van der Waals surface area contributed by atoms with E-state index in [0.717, 1.165) is 27.6 Å². The van der Waals surface area contributed by atoms with Gasteiger partial charge >= 0.3 is 0 Å². The number of benzene rings is 4. The van der Waals surface area contributed by atoms with Gasteiger partial charge in [-0.05, 0) is 67.1 Å². The number of ketones is 1. The van der Waals surface area contributed by atoms with E-state index in [2.05, 4.69) is 0 Å². The maximum Gasteiger partial charge on any atom is 0.162 e. The van der Waals surface area contributed by atoms with Crippen LogP contribution in [0.25, 0.3) is 33.3 Å². The van der Waals surface area contributed by atoms with Crippen molar-refractivity contribution in [3.63, 3.8) is 0 Å². The Bertz CT molecular complexity index is 1500. The number of pyridine rings is 1. The van der Waals surface area contributed by atoms with E-state index < -0.39 is 0 Å². The lowest BCUT2D eigenvalue weighted by Gasteiger charge is -2.19. The first kappa shape index (κ1) is 22.1. The lowest BCUT2D eigenvalue weighted by molar-refractivity contribution is 0.101. The van der Waals surface area contributed by atoms with Crippen LogP contribution < -0.4 is 4.74 Å². The minimum absolute atomic E-state index is 0.000363. The van der Waals surface area contributed by atoms with Crippen molar-refractivity contribution in [3.8, 4) is 33.9 Å². The quantitative estimate of drug-likeness (QED) is 0.234. The van der Waals surface area contributed by atoms with Crippen molar-refractivity contribution in [2.24, 2.45) is 0 Å². The summed E-state index contributed by atoms with van der Waals surface area (Å²) in [7, 11) is 0. The maximum atomic E-state index is 11.7. The molecule has 1 heterocycles. The van der Waals surface area contributed by atoms with Gasteiger partial charge in [0.25, 0.3) is 0 Å². The topological polar surface area (TPSA) is 39.2 Å². The molecule has 0 amide bonds. The minimum Gasteiger partial charge on any atom is -0.454 e. The first-order valence-corrected chi connectivity index (χ1v) is 11.5. The second kappa shape index (κ2) is 9.30. The van der Waals surface area contributed by atoms with Crippen molar-refractivity contribution in [2.75, 3.05) is 0 Å². The summed E-state index contributed by atoms with van der Waals surface area (Å²) in [5.41, 5.74) is 4.83. The molecule has 0 unspecified atom stereocenters. The molecule has 0 saturated heterocycles. The van der Waals surface area contributed by atoms with Crippen LogP contribution in [-0.4, -0.2) is 10.8 Å². The average molecular weight is 484 g/mol. The fraction of sp³-hybridized carbons (Fsp3) is 0.0345. The molecule has 5 rings (SSSR count). The first-order valence-electron chi connectivity index (χ1n) is 10.7. The molecule has 0 aliphatic carbocycles. The molecule has 0 spiro atoms. The van der Waals surface area contributed by atoms with Gasteiger partial charge in [0, 0.05) is 32.1 Å². The van der Waals surface area contributed by atoms with Crippen molar-refractivity contribution < 1.29 is 9.53 Å². The number of halogens is 2. The third-order valence-electron chi connectivity index (χ3n) is 5.56. The number of fused-ring (bicyclic) bond motifs is 1. The van der Waals surface area contributed by atoms with Crippen molar-refractivity contribution in [2.45, 2.75) is 6.92 Å². The molecule has 0 N–H and O–H groups in total. The van der Waals surface area contributed by atoms with Crippen molar-refractivity contribution >= 4 is 39.9 Å². The van der Waals surface area contributed by atoms with Crippen LogP contribution in [0, 0.1) is 0 Å². The number of hydrogen-bond donors (Lipinski definition) is 0. The molecule has 0 saturated carbocycles. The zero-order valence-corrected chi connectivity index (χ0v) is 19.8. The van der Waals surface area contributed by atoms with Gasteiger partial charge in [-0.1, -0.05) is 65.7 Å². The highest BCUT2D eigenvalue weighted by Gasteiger charge is 2.21. The molecule has 0 atom stereocenters. The highest BCUT2D eigenvalue weighted by Crippen LogP contribution is 2.45. The van der Waals surface area contributed by atoms with E-state index in [9.17, 15) is 4.79 Å². The summed E-state index contributed by atoms with van der Waals surface area (Å²) in [5, 5.41) is 2.14. The van der Waals surface area contributed by atoms with Gasteiger partial charge in [-0.25, -0.2) is 4.98 Å². The summed E-state index contributed by atoms with van der Waals surface area (Å²) in [6.07, 6.45) is 0.